The molecule has 0 unspecified atom stereocenters. The summed E-state index contributed by atoms with van der Waals surface area (Å²) in [6.07, 6.45) is 2.51. The van der Waals surface area contributed by atoms with E-state index in [1.165, 1.54) is 23.0 Å². The van der Waals surface area contributed by atoms with E-state index in [9.17, 15) is 13.7 Å². The third-order valence-corrected chi connectivity index (χ3v) is 4.49. The van der Waals surface area contributed by atoms with E-state index in [1.807, 2.05) is 6.07 Å². The molecule has 0 amide bonds. The Morgan fingerprint density at radius 2 is 1.96 bits per heavy atom. The predicted molar refractivity (Wildman–Crippen MR) is 88.0 cm³/mol. The summed E-state index contributed by atoms with van der Waals surface area (Å²) in [5.74, 6) is 0.276. The van der Waals surface area contributed by atoms with Crippen LogP contribution in [0.2, 0.25) is 0 Å². The van der Waals surface area contributed by atoms with Crippen molar-refractivity contribution in [1.82, 2.24) is 14.7 Å². The number of nitriles is 1. The van der Waals surface area contributed by atoms with E-state index in [0.29, 0.717) is 5.69 Å². The first-order valence-corrected chi connectivity index (χ1v) is 8.71. The van der Waals surface area contributed by atoms with Crippen LogP contribution in [0.1, 0.15) is 5.56 Å². The van der Waals surface area contributed by atoms with E-state index in [-0.39, 0.29) is 21.6 Å². The van der Waals surface area contributed by atoms with Crippen LogP contribution in [0.25, 0.3) is 5.69 Å². The summed E-state index contributed by atoms with van der Waals surface area (Å²) in [5, 5.41) is 13.5. The van der Waals surface area contributed by atoms with Crippen molar-refractivity contribution < 1.29 is 8.42 Å². The second-order valence-electron chi connectivity index (χ2n) is 4.95. The molecule has 0 aliphatic rings. The predicted octanol–water partition coefficient (Wildman–Crippen LogP) is 1.94. The van der Waals surface area contributed by atoms with Gasteiger partial charge in [-0.3, -0.25) is 0 Å². The minimum absolute atomic E-state index is 0.191. The fourth-order valence-electron chi connectivity index (χ4n) is 1.74. The van der Waals surface area contributed by atoms with Crippen LogP contribution in [-0.4, -0.2) is 48.7 Å². The molecule has 23 heavy (non-hydrogen) atoms. The van der Waals surface area contributed by atoms with Gasteiger partial charge in [-0.15, -0.1) is 0 Å². The maximum absolute atomic E-state index is 11.5. The highest BCUT2D eigenvalue weighted by Crippen LogP contribution is 2.24. The average molecular weight is 352 g/mol. The number of hydrogen-bond acceptors (Lipinski definition) is 5. The summed E-state index contributed by atoms with van der Waals surface area (Å²) in [4.78, 5) is 5.99. The van der Waals surface area contributed by atoms with E-state index in [4.69, 9.17) is 11.6 Å². The molecule has 0 spiro atoms. The van der Waals surface area contributed by atoms with Crippen molar-refractivity contribution in [3.8, 4) is 11.8 Å². The zero-order chi connectivity index (χ0) is 17.2. The van der Waals surface area contributed by atoms with Gasteiger partial charge in [0.25, 0.3) is 0 Å². The monoisotopic (exact) mass is 351 g/mol. The van der Waals surface area contributed by atoms with Crippen LogP contribution in [0.4, 0.5) is 5.82 Å². The molecule has 2 aromatic rings. The van der Waals surface area contributed by atoms with Crippen LogP contribution >= 0.6 is 11.6 Å². The van der Waals surface area contributed by atoms with Crippen LogP contribution in [0.3, 0.4) is 0 Å². The molecule has 1 heterocycles. The SMILES string of the molecule is CN(C)/C(Cl)=N\c1c(C#N)cnn1-c1ccc(S(C)(=O)=O)cc1. The Kier molecular flexibility index (Phi) is 4.73. The first kappa shape index (κ1) is 17.0. The number of aliphatic imine (C=N–C) groups is 1. The van der Waals surface area contributed by atoms with Crippen molar-refractivity contribution >= 4 is 32.6 Å². The first-order valence-electron chi connectivity index (χ1n) is 6.44. The molecule has 9 heteroatoms. The minimum Gasteiger partial charge on any atom is -0.353 e. The highest BCUT2D eigenvalue weighted by atomic mass is 35.5. The van der Waals surface area contributed by atoms with E-state index in [1.54, 1.807) is 31.1 Å². The third kappa shape index (κ3) is 3.70. The van der Waals surface area contributed by atoms with Gasteiger partial charge in [0.15, 0.2) is 20.9 Å². The van der Waals surface area contributed by atoms with Crippen molar-refractivity contribution in [2.45, 2.75) is 4.90 Å². The summed E-state index contributed by atoms with van der Waals surface area (Å²) in [7, 11) is 0.165. The molecule has 0 fully saturated rings. The molecule has 1 aromatic heterocycles. The molecule has 0 aliphatic heterocycles. The number of rotatable bonds is 3. The lowest BCUT2D eigenvalue weighted by atomic mass is 10.3. The lowest BCUT2D eigenvalue weighted by molar-refractivity contribution is 0.602. The normalized spacial score (nSPS) is 12.0. The smallest absolute Gasteiger partial charge is 0.200 e. The quantitative estimate of drug-likeness (QED) is 0.478. The summed E-state index contributed by atoms with van der Waals surface area (Å²) in [5.41, 5.74) is 0.832. The molecule has 2 rings (SSSR count). The maximum atomic E-state index is 11.5. The summed E-state index contributed by atoms with van der Waals surface area (Å²) in [6, 6.07) is 8.13. The Morgan fingerprint density at radius 1 is 1.35 bits per heavy atom. The van der Waals surface area contributed by atoms with Crippen molar-refractivity contribution in [3.63, 3.8) is 0 Å². The van der Waals surface area contributed by atoms with Crippen molar-refractivity contribution in [1.29, 1.82) is 5.26 Å². The highest BCUT2D eigenvalue weighted by Gasteiger charge is 2.14. The molecule has 1 aromatic carbocycles. The Labute approximate surface area is 139 Å². The number of hydrogen-bond donors (Lipinski definition) is 0. The van der Waals surface area contributed by atoms with E-state index in [2.05, 4.69) is 10.1 Å². The Morgan fingerprint density at radius 3 is 2.43 bits per heavy atom. The molecule has 0 atom stereocenters. The van der Waals surface area contributed by atoms with Gasteiger partial charge in [-0.05, 0) is 35.9 Å². The number of amidine groups is 1. The topological polar surface area (TPSA) is 91.3 Å². The fourth-order valence-corrected chi connectivity index (χ4v) is 2.45. The van der Waals surface area contributed by atoms with Gasteiger partial charge in [0.05, 0.1) is 16.8 Å². The van der Waals surface area contributed by atoms with Crippen molar-refractivity contribution in [2.75, 3.05) is 20.4 Å². The molecule has 0 saturated carbocycles. The van der Waals surface area contributed by atoms with Crippen LogP contribution in [0.5, 0.6) is 0 Å². The number of benzene rings is 1. The van der Waals surface area contributed by atoms with Gasteiger partial charge in [-0.25, -0.2) is 13.1 Å². The van der Waals surface area contributed by atoms with Crippen LogP contribution < -0.4 is 0 Å². The molecular weight excluding hydrogens is 338 g/mol. The van der Waals surface area contributed by atoms with Gasteiger partial charge < -0.3 is 4.90 Å². The molecule has 0 radical (unpaired) electrons. The fraction of sp³-hybridized carbons (Fsp3) is 0.214. The van der Waals surface area contributed by atoms with Gasteiger partial charge in [0, 0.05) is 20.4 Å². The van der Waals surface area contributed by atoms with Gasteiger partial charge in [0.1, 0.15) is 11.6 Å². The third-order valence-electron chi connectivity index (χ3n) is 2.94. The van der Waals surface area contributed by atoms with E-state index >= 15 is 0 Å². The van der Waals surface area contributed by atoms with Gasteiger partial charge in [-0.1, -0.05) is 0 Å². The highest BCUT2D eigenvalue weighted by molar-refractivity contribution is 7.90. The second kappa shape index (κ2) is 6.40. The van der Waals surface area contributed by atoms with Gasteiger partial charge in [-0.2, -0.15) is 15.4 Å². The van der Waals surface area contributed by atoms with E-state index < -0.39 is 9.84 Å². The standard InChI is InChI=1S/C14H14ClN5O2S/c1-19(2)14(15)18-13-10(8-16)9-17-20(13)11-4-6-12(7-5-11)23(3,21)22/h4-7,9H,1-3H3/b18-14-. The second-order valence-corrected chi connectivity index (χ2v) is 7.30. The molecular formula is C14H14ClN5O2S. The summed E-state index contributed by atoms with van der Waals surface area (Å²) in [6.45, 7) is 0. The van der Waals surface area contributed by atoms with Gasteiger partial charge >= 0.3 is 0 Å². The average Bonchev–Trinajstić information content (AvgIpc) is 2.89. The van der Waals surface area contributed by atoms with Crippen LogP contribution in [0, 0.1) is 11.3 Å². The molecule has 0 aliphatic carbocycles. The Bertz CT molecular complexity index is 892. The van der Waals surface area contributed by atoms with Crippen molar-refractivity contribution in [3.05, 3.63) is 36.0 Å². The minimum atomic E-state index is -3.28. The van der Waals surface area contributed by atoms with Crippen LogP contribution in [-0.2, 0) is 9.84 Å². The number of nitrogens with zero attached hydrogens (tertiary/aromatic N) is 5. The Balaban J connectivity index is 2.55. The molecule has 120 valence electrons. The number of sulfone groups is 1. The molecule has 0 N–H and O–H groups in total. The zero-order valence-electron chi connectivity index (χ0n) is 12.7. The van der Waals surface area contributed by atoms with E-state index in [0.717, 1.165) is 6.26 Å². The van der Waals surface area contributed by atoms with Crippen molar-refractivity contribution in [2.24, 2.45) is 4.99 Å². The van der Waals surface area contributed by atoms with Gasteiger partial charge in [0.2, 0.25) is 0 Å². The first-order chi connectivity index (χ1) is 10.7. The van der Waals surface area contributed by atoms with Crippen LogP contribution in [0.15, 0.2) is 40.4 Å². The largest absolute Gasteiger partial charge is 0.353 e. The summed E-state index contributed by atoms with van der Waals surface area (Å²) < 4.78 is 24.4. The molecule has 0 saturated heterocycles. The molecule has 7 nitrogen and oxygen atoms in total. The number of aromatic nitrogens is 2. The zero-order valence-corrected chi connectivity index (χ0v) is 14.3. The summed E-state index contributed by atoms with van der Waals surface area (Å²) >= 11 is 6.03. The lowest BCUT2D eigenvalue weighted by Gasteiger charge is -2.10. The Hall–Kier alpha value is -2.37. The molecule has 0 bridgehead atoms. The number of halogens is 1. The lowest BCUT2D eigenvalue weighted by Crippen LogP contribution is -2.16. The maximum Gasteiger partial charge on any atom is 0.200 e.